The number of thiophene rings is 1. The molecule has 0 spiro atoms. The number of fused-ring (bicyclic) bond motifs is 1. The molecule has 0 saturated carbocycles. The highest BCUT2D eigenvalue weighted by Crippen LogP contribution is 2.36. The molecule has 1 aromatic carbocycles. The van der Waals surface area contributed by atoms with E-state index in [1.54, 1.807) is 24.3 Å². The van der Waals surface area contributed by atoms with Crippen LogP contribution in [0.5, 0.6) is 0 Å². The Balaban J connectivity index is 2.29. The summed E-state index contributed by atoms with van der Waals surface area (Å²) in [5.74, 6) is -1.36. The highest BCUT2D eigenvalue weighted by molar-refractivity contribution is 7.19. The first-order valence-electron chi connectivity index (χ1n) is 5.83. The molecule has 0 aliphatic rings. The van der Waals surface area contributed by atoms with Gasteiger partial charge in [-0.3, -0.25) is 4.79 Å². The molecule has 0 saturated heterocycles. The maximum Gasteiger partial charge on any atom is 0.307 e. The summed E-state index contributed by atoms with van der Waals surface area (Å²) in [7, 11) is 0. The number of rotatable bonds is 3. The van der Waals surface area contributed by atoms with Crippen molar-refractivity contribution in [1.29, 1.82) is 0 Å². The highest BCUT2D eigenvalue weighted by Gasteiger charge is 2.18. The number of halogens is 2. The average molecular weight is 310 g/mol. The molecule has 3 rings (SSSR count). The normalized spacial score (nSPS) is 11.1. The van der Waals surface area contributed by atoms with Crippen LogP contribution in [0.15, 0.2) is 30.3 Å². The average Bonchev–Trinajstić information content (AvgIpc) is 2.95. The summed E-state index contributed by atoms with van der Waals surface area (Å²) in [5.41, 5.74) is 1.51. The van der Waals surface area contributed by atoms with E-state index in [1.165, 1.54) is 17.4 Å². The zero-order chi connectivity index (χ0) is 14.3. The van der Waals surface area contributed by atoms with Crippen LogP contribution in [0.2, 0.25) is 4.34 Å². The van der Waals surface area contributed by atoms with Crippen LogP contribution >= 0.6 is 22.9 Å². The molecule has 0 unspecified atom stereocenters. The highest BCUT2D eigenvalue weighted by atomic mass is 35.5. The molecule has 2 aromatic heterocycles. The van der Waals surface area contributed by atoms with Gasteiger partial charge in [0.15, 0.2) is 0 Å². The summed E-state index contributed by atoms with van der Waals surface area (Å²) < 4.78 is 14.4. The monoisotopic (exact) mass is 309 g/mol. The summed E-state index contributed by atoms with van der Waals surface area (Å²) in [6, 6.07) is 8.15. The van der Waals surface area contributed by atoms with Gasteiger partial charge >= 0.3 is 5.97 Å². The number of carboxylic acid groups (broad SMARTS) is 1. The van der Waals surface area contributed by atoms with Crippen LogP contribution in [0.3, 0.4) is 0 Å². The second-order valence-electron chi connectivity index (χ2n) is 4.32. The predicted molar refractivity (Wildman–Crippen MR) is 77.9 cm³/mol. The third kappa shape index (κ3) is 2.19. The van der Waals surface area contributed by atoms with E-state index < -0.39 is 11.8 Å². The number of aromatic amines is 1. The zero-order valence-electron chi connectivity index (χ0n) is 10.1. The Labute approximate surface area is 122 Å². The van der Waals surface area contributed by atoms with E-state index in [4.69, 9.17) is 16.7 Å². The third-order valence-corrected chi connectivity index (χ3v) is 4.29. The molecule has 20 heavy (non-hydrogen) atoms. The lowest BCUT2D eigenvalue weighted by Gasteiger charge is -1.99. The number of hydrogen-bond donors (Lipinski definition) is 2. The van der Waals surface area contributed by atoms with Gasteiger partial charge < -0.3 is 10.1 Å². The van der Waals surface area contributed by atoms with Crippen molar-refractivity contribution in [3.05, 3.63) is 46.0 Å². The number of aromatic nitrogens is 1. The van der Waals surface area contributed by atoms with E-state index in [2.05, 4.69) is 4.98 Å². The Morgan fingerprint density at radius 2 is 2.15 bits per heavy atom. The van der Waals surface area contributed by atoms with Crippen LogP contribution in [0.1, 0.15) is 5.56 Å². The standard InChI is InChI=1S/C14H9ClFNO2S/c15-11-5-4-10(20-11)14-8(6-12(18)19)7-2-1-3-9(16)13(7)17-14/h1-5,17H,6H2,(H,18,19). The lowest BCUT2D eigenvalue weighted by atomic mass is 10.1. The Kier molecular flexibility index (Phi) is 3.23. The van der Waals surface area contributed by atoms with Crippen molar-refractivity contribution < 1.29 is 14.3 Å². The van der Waals surface area contributed by atoms with Crippen molar-refractivity contribution in [2.24, 2.45) is 0 Å². The number of carbonyl (C=O) groups is 1. The minimum absolute atomic E-state index is 0.172. The van der Waals surface area contributed by atoms with Gasteiger partial charge in [0.05, 0.1) is 26.8 Å². The van der Waals surface area contributed by atoms with Gasteiger partial charge in [-0.05, 0) is 23.8 Å². The molecule has 0 fully saturated rings. The minimum Gasteiger partial charge on any atom is -0.481 e. The lowest BCUT2D eigenvalue weighted by Crippen LogP contribution is -2.00. The van der Waals surface area contributed by atoms with E-state index in [0.29, 0.717) is 26.5 Å². The smallest absolute Gasteiger partial charge is 0.307 e. The fourth-order valence-electron chi connectivity index (χ4n) is 2.23. The first-order chi connectivity index (χ1) is 9.56. The summed E-state index contributed by atoms with van der Waals surface area (Å²) >= 11 is 7.23. The second kappa shape index (κ2) is 4.92. The van der Waals surface area contributed by atoms with Crippen molar-refractivity contribution in [3.63, 3.8) is 0 Å². The van der Waals surface area contributed by atoms with Crippen LogP contribution < -0.4 is 0 Å². The molecule has 0 radical (unpaired) electrons. The Bertz CT molecular complexity index is 809. The first kappa shape index (κ1) is 13.1. The van der Waals surface area contributed by atoms with Gasteiger partial charge in [0, 0.05) is 5.39 Å². The number of aliphatic carboxylic acids is 1. The van der Waals surface area contributed by atoms with Gasteiger partial charge in [0.2, 0.25) is 0 Å². The molecule has 0 bridgehead atoms. The molecule has 2 N–H and O–H groups in total. The molecule has 2 heterocycles. The first-order valence-corrected chi connectivity index (χ1v) is 7.02. The summed E-state index contributed by atoms with van der Waals surface area (Å²) in [5, 5.41) is 9.65. The number of hydrogen-bond acceptors (Lipinski definition) is 2. The van der Waals surface area contributed by atoms with Gasteiger partial charge in [-0.2, -0.15) is 0 Å². The molecule has 6 heteroatoms. The van der Waals surface area contributed by atoms with E-state index in [-0.39, 0.29) is 6.42 Å². The molecule has 0 aliphatic heterocycles. The van der Waals surface area contributed by atoms with Crippen molar-refractivity contribution in [1.82, 2.24) is 4.98 Å². The van der Waals surface area contributed by atoms with E-state index >= 15 is 0 Å². The number of benzene rings is 1. The van der Waals surface area contributed by atoms with Crippen LogP contribution in [0, 0.1) is 5.82 Å². The number of nitrogens with one attached hydrogen (secondary N) is 1. The Morgan fingerprint density at radius 1 is 1.35 bits per heavy atom. The van der Waals surface area contributed by atoms with E-state index in [9.17, 15) is 9.18 Å². The van der Waals surface area contributed by atoms with Crippen molar-refractivity contribution in [2.45, 2.75) is 6.42 Å². The molecular weight excluding hydrogens is 301 g/mol. The summed E-state index contributed by atoms with van der Waals surface area (Å²) in [6.45, 7) is 0. The van der Waals surface area contributed by atoms with Gasteiger partial charge in [-0.25, -0.2) is 4.39 Å². The molecule has 0 atom stereocenters. The van der Waals surface area contributed by atoms with E-state index in [1.807, 2.05) is 0 Å². The fraction of sp³-hybridized carbons (Fsp3) is 0.0714. The molecule has 0 amide bonds. The SMILES string of the molecule is O=C(O)Cc1c(-c2ccc(Cl)s2)[nH]c2c(F)cccc12. The van der Waals surface area contributed by atoms with Crippen LogP contribution in [-0.2, 0) is 11.2 Å². The molecule has 3 aromatic rings. The van der Waals surface area contributed by atoms with Gasteiger partial charge in [0.1, 0.15) is 5.82 Å². The summed E-state index contributed by atoms with van der Waals surface area (Å²) in [4.78, 5) is 14.8. The number of carboxylic acids is 1. The maximum atomic E-state index is 13.8. The van der Waals surface area contributed by atoms with Crippen molar-refractivity contribution in [3.8, 4) is 10.6 Å². The van der Waals surface area contributed by atoms with Crippen molar-refractivity contribution >= 4 is 39.8 Å². The van der Waals surface area contributed by atoms with Gasteiger partial charge in [0.25, 0.3) is 0 Å². The number of H-pyrrole nitrogens is 1. The Morgan fingerprint density at radius 3 is 2.80 bits per heavy atom. The molecule has 102 valence electrons. The Hall–Kier alpha value is -1.85. The zero-order valence-corrected chi connectivity index (χ0v) is 11.7. The molecule has 3 nitrogen and oxygen atoms in total. The third-order valence-electron chi connectivity index (χ3n) is 3.04. The maximum absolute atomic E-state index is 13.8. The second-order valence-corrected chi connectivity index (χ2v) is 6.03. The predicted octanol–water partition coefficient (Wildman–Crippen LogP) is 4.32. The van der Waals surface area contributed by atoms with E-state index in [0.717, 1.165) is 4.88 Å². The van der Waals surface area contributed by atoms with Crippen LogP contribution in [0.25, 0.3) is 21.5 Å². The number of para-hydroxylation sites is 1. The quantitative estimate of drug-likeness (QED) is 0.757. The topological polar surface area (TPSA) is 53.1 Å². The minimum atomic E-state index is -0.959. The largest absolute Gasteiger partial charge is 0.481 e. The van der Waals surface area contributed by atoms with Gasteiger partial charge in [-0.15, -0.1) is 11.3 Å². The molecule has 0 aliphatic carbocycles. The summed E-state index contributed by atoms with van der Waals surface area (Å²) in [6.07, 6.45) is -0.172. The van der Waals surface area contributed by atoms with Crippen LogP contribution in [0.4, 0.5) is 4.39 Å². The van der Waals surface area contributed by atoms with Crippen LogP contribution in [-0.4, -0.2) is 16.1 Å². The molecular formula is C14H9ClFNO2S. The lowest BCUT2D eigenvalue weighted by molar-refractivity contribution is -0.136. The van der Waals surface area contributed by atoms with Crippen molar-refractivity contribution in [2.75, 3.05) is 0 Å². The fourth-order valence-corrected chi connectivity index (χ4v) is 3.30. The van der Waals surface area contributed by atoms with Gasteiger partial charge in [-0.1, -0.05) is 23.7 Å².